The molecule has 0 atom stereocenters. The van der Waals surface area contributed by atoms with Crippen molar-refractivity contribution in [3.8, 4) is 0 Å². The molecular weight excluding hydrogens is 136 g/mol. The van der Waals surface area contributed by atoms with Crippen molar-refractivity contribution in [3.05, 3.63) is 22.4 Å². The summed E-state index contributed by atoms with van der Waals surface area (Å²) < 4.78 is 0. The van der Waals surface area contributed by atoms with Crippen LogP contribution in [-0.2, 0) is 0 Å². The fraction of sp³-hybridized carbons (Fsp3) is 0.556. The molecule has 1 saturated carbocycles. The molecule has 1 heteroatoms. The van der Waals surface area contributed by atoms with Gasteiger partial charge in [-0.25, -0.2) is 0 Å². The minimum Gasteiger partial charge on any atom is -0.0840 e. The molecule has 0 aromatic carbocycles. The Morgan fingerprint density at radius 3 is 2.80 bits per heavy atom. The molecular formula is C9H13Si. The fourth-order valence-electron chi connectivity index (χ4n) is 1.92. The Labute approximate surface area is 65.4 Å². The Bertz CT molecular complexity index is 211. The van der Waals surface area contributed by atoms with Crippen molar-refractivity contribution in [1.29, 1.82) is 0 Å². The van der Waals surface area contributed by atoms with Gasteiger partial charge in [0.1, 0.15) is 0 Å². The van der Waals surface area contributed by atoms with E-state index in [1.165, 1.54) is 42.3 Å². The van der Waals surface area contributed by atoms with Crippen molar-refractivity contribution in [3.63, 3.8) is 0 Å². The molecule has 2 rings (SSSR count). The number of hydrogen-bond acceptors (Lipinski definition) is 0. The topological polar surface area (TPSA) is 0 Å². The van der Waals surface area contributed by atoms with Crippen LogP contribution in [0.1, 0.15) is 32.1 Å². The molecule has 0 aromatic heterocycles. The van der Waals surface area contributed by atoms with Crippen molar-refractivity contribution in [2.24, 2.45) is 0 Å². The zero-order valence-electron chi connectivity index (χ0n) is 6.54. The first-order valence-corrected chi connectivity index (χ1v) is 5.16. The van der Waals surface area contributed by atoms with Crippen LogP contribution < -0.4 is 0 Å². The smallest absolute Gasteiger partial charge is 0.0341 e. The maximum Gasteiger partial charge on any atom is 0.0341 e. The molecule has 0 aliphatic heterocycles. The van der Waals surface area contributed by atoms with Gasteiger partial charge in [0.2, 0.25) is 0 Å². The molecule has 0 saturated heterocycles. The molecule has 0 nitrogen and oxygen atoms in total. The standard InChI is InChI=1S/C9H13Si/c10-9-6-5-7-3-1-2-4-8(7)9/h1-4,6H2,10H3. The lowest BCUT2D eigenvalue weighted by molar-refractivity contribution is 0.680. The van der Waals surface area contributed by atoms with E-state index in [0.29, 0.717) is 0 Å². The predicted molar refractivity (Wildman–Crippen MR) is 46.8 cm³/mol. The van der Waals surface area contributed by atoms with Gasteiger partial charge < -0.3 is 0 Å². The summed E-state index contributed by atoms with van der Waals surface area (Å²) in [5, 5.41) is 1.72. The van der Waals surface area contributed by atoms with Crippen LogP contribution in [0.15, 0.2) is 16.3 Å². The van der Waals surface area contributed by atoms with Gasteiger partial charge in [-0.05, 0) is 49.3 Å². The van der Waals surface area contributed by atoms with Crippen molar-refractivity contribution < 1.29 is 0 Å². The molecule has 0 bridgehead atoms. The first-order valence-electron chi connectivity index (χ1n) is 4.16. The van der Waals surface area contributed by atoms with Crippen LogP contribution in [-0.4, -0.2) is 10.2 Å². The van der Waals surface area contributed by atoms with Crippen LogP contribution in [0.3, 0.4) is 0 Å². The van der Waals surface area contributed by atoms with E-state index < -0.39 is 0 Å². The summed E-state index contributed by atoms with van der Waals surface area (Å²) in [4.78, 5) is 0. The van der Waals surface area contributed by atoms with Gasteiger partial charge in [-0.1, -0.05) is 5.20 Å². The van der Waals surface area contributed by atoms with Gasteiger partial charge in [-0.15, -0.1) is 0 Å². The monoisotopic (exact) mass is 149 g/mol. The van der Waals surface area contributed by atoms with Crippen LogP contribution in [0, 0.1) is 6.08 Å². The average Bonchev–Trinajstić information content (AvgIpc) is 2.34. The van der Waals surface area contributed by atoms with E-state index in [1.807, 2.05) is 0 Å². The molecule has 0 aromatic rings. The highest BCUT2D eigenvalue weighted by atomic mass is 28.1. The summed E-state index contributed by atoms with van der Waals surface area (Å²) in [6.45, 7) is 0. The fourth-order valence-corrected chi connectivity index (χ4v) is 2.65. The summed E-state index contributed by atoms with van der Waals surface area (Å²) >= 11 is 0. The van der Waals surface area contributed by atoms with Gasteiger partial charge in [-0.3, -0.25) is 0 Å². The van der Waals surface area contributed by atoms with E-state index in [9.17, 15) is 0 Å². The summed E-state index contributed by atoms with van der Waals surface area (Å²) in [5.41, 5.74) is 3.29. The molecule has 1 fully saturated rings. The van der Waals surface area contributed by atoms with Gasteiger partial charge in [0, 0.05) is 10.2 Å². The summed E-state index contributed by atoms with van der Waals surface area (Å²) in [7, 11) is 1.27. The zero-order valence-corrected chi connectivity index (χ0v) is 8.54. The Hall–Kier alpha value is -0.303. The second-order valence-electron chi connectivity index (χ2n) is 3.30. The molecule has 0 spiro atoms. The molecule has 0 amide bonds. The van der Waals surface area contributed by atoms with Gasteiger partial charge in [0.15, 0.2) is 0 Å². The zero-order chi connectivity index (χ0) is 6.97. The third kappa shape index (κ3) is 0.890. The van der Waals surface area contributed by atoms with E-state index in [1.54, 1.807) is 16.3 Å². The van der Waals surface area contributed by atoms with Crippen LogP contribution >= 0.6 is 0 Å². The normalized spacial score (nSPS) is 25.0. The van der Waals surface area contributed by atoms with E-state index in [2.05, 4.69) is 6.08 Å². The number of hydrogen-bond donors (Lipinski definition) is 0. The second kappa shape index (κ2) is 2.39. The minimum absolute atomic E-state index is 1.18. The minimum atomic E-state index is 1.18. The van der Waals surface area contributed by atoms with Crippen LogP contribution in [0.5, 0.6) is 0 Å². The molecule has 1 radical (unpaired) electrons. The number of allylic oxidation sites excluding steroid dienone is 4. The Kier molecular flexibility index (Phi) is 1.53. The first-order chi connectivity index (χ1) is 4.88. The van der Waals surface area contributed by atoms with E-state index in [4.69, 9.17) is 0 Å². The highest BCUT2D eigenvalue weighted by molar-refractivity contribution is 6.22. The van der Waals surface area contributed by atoms with Gasteiger partial charge in [0.05, 0.1) is 0 Å². The first kappa shape index (κ1) is 6.41. The largest absolute Gasteiger partial charge is 0.0840 e. The Morgan fingerprint density at radius 1 is 1.20 bits per heavy atom. The van der Waals surface area contributed by atoms with Crippen molar-refractivity contribution in [1.82, 2.24) is 0 Å². The summed E-state index contributed by atoms with van der Waals surface area (Å²) in [6, 6.07) is 0. The van der Waals surface area contributed by atoms with Crippen molar-refractivity contribution in [2.45, 2.75) is 32.1 Å². The highest BCUT2D eigenvalue weighted by Gasteiger charge is 2.17. The van der Waals surface area contributed by atoms with E-state index in [0.717, 1.165) is 0 Å². The van der Waals surface area contributed by atoms with Crippen molar-refractivity contribution in [2.75, 3.05) is 0 Å². The number of rotatable bonds is 0. The molecule has 2 aliphatic rings. The lowest BCUT2D eigenvalue weighted by Gasteiger charge is -2.15. The van der Waals surface area contributed by atoms with E-state index >= 15 is 0 Å². The molecule has 2 aliphatic carbocycles. The Balaban J connectivity index is 2.29. The molecule has 10 heavy (non-hydrogen) atoms. The average molecular weight is 149 g/mol. The lowest BCUT2D eigenvalue weighted by atomic mass is 9.92. The van der Waals surface area contributed by atoms with Crippen LogP contribution in [0.25, 0.3) is 0 Å². The molecule has 0 heterocycles. The lowest BCUT2D eigenvalue weighted by Crippen LogP contribution is -1.97. The highest BCUT2D eigenvalue weighted by Crippen LogP contribution is 2.35. The van der Waals surface area contributed by atoms with Crippen LogP contribution in [0.2, 0.25) is 0 Å². The maximum absolute atomic E-state index is 3.49. The summed E-state index contributed by atoms with van der Waals surface area (Å²) in [5.74, 6) is 0. The summed E-state index contributed by atoms with van der Waals surface area (Å²) in [6.07, 6.45) is 10.2. The third-order valence-electron chi connectivity index (χ3n) is 2.55. The quantitative estimate of drug-likeness (QED) is 0.456. The second-order valence-corrected chi connectivity index (χ2v) is 4.51. The third-order valence-corrected chi connectivity index (χ3v) is 3.51. The molecule has 53 valence electrons. The Morgan fingerprint density at radius 2 is 2.00 bits per heavy atom. The van der Waals surface area contributed by atoms with Gasteiger partial charge >= 0.3 is 0 Å². The van der Waals surface area contributed by atoms with Gasteiger partial charge in [0.25, 0.3) is 0 Å². The van der Waals surface area contributed by atoms with E-state index in [-0.39, 0.29) is 0 Å². The maximum atomic E-state index is 3.49. The van der Waals surface area contributed by atoms with Crippen LogP contribution in [0.4, 0.5) is 0 Å². The predicted octanol–water partition coefficient (Wildman–Crippen LogP) is 1.31. The molecule has 0 N–H and O–H groups in total. The van der Waals surface area contributed by atoms with Gasteiger partial charge in [-0.2, -0.15) is 0 Å². The van der Waals surface area contributed by atoms with Crippen molar-refractivity contribution >= 4 is 10.2 Å². The SMILES string of the molecule is [SiH3]C1=C2CCCCC2=[C]C1. The molecule has 0 unspecified atom stereocenters. The number of fused-ring (bicyclic) bond motifs is 1.